The Morgan fingerprint density at radius 1 is 0.788 bits per heavy atom. The molecule has 2 rings (SSSR count). The summed E-state index contributed by atoms with van der Waals surface area (Å²) < 4.78 is 16.7. The highest BCUT2D eigenvalue weighted by atomic mass is 16.6. The van der Waals surface area contributed by atoms with Crippen molar-refractivity contribution >= 4 is 17.9 Å². The fourth-order valence-electron chi connectivity index (χ4n) is 3.52. The molecule has 2 aromatic rings. The van der Waals surface area contributed by atoms with Crippen LogP contribution in [0.1, 0.15) is 67.8 Å². The molecule has 0 aliphatic heterocycles. The van der Waals surface area contributed by atoms with E-state index in [0.717, 1.165) is 5.56 Å². The monoisotopic (exact) mass is 454 g/mol. The molecule has 1 atom stereocenters. The number of hydrogen-bond acceptors (Lipinski definition) is 6. The Morgan fingerprint density at radius 3 is 1.88 bits per heavy atom. The van der Waals surface area contributed by atoms with Crippen LogP contribution in [0.15, 0.2) is 54.6 Å². The highest BCUT2D eigenvalue weighted by molar-refractivity contribution is 6.03. The SMILES string of the molecule is CC(C)C(=O)OCC(C)(C)[C@H](OC(=O)c1ccccc1C(=O)OCc1ccccc1)C(C)C. The largest absolute Gasteiger partial charge is 0.465 e. The van der Waals surface area contributed by atoms with Gasteiger partial charge in [-0.25, -0.2) is 9.59 Å². The Labute approximate surface area is 196 Å². The third-order valence-corrected chi connectivity index (χ3v) is 5.25. The molecule has 0 amide bonds. The second-order valence-electron chi connectivity index (χ2n) is 9.43. The maximum atomic E-state index is 13.1. The molecule has 0 unspecified atom stereocenters. The summed E-state index contributed by atoms with van der Waals surface area (Å²) in [6.07, 6.45) is -0.543. The number of carbonyl (C=O) groups is 3. The topological polar surface area (TPSA) is 78.9 Å². The molecule has 0 aliphatic rings. The van der Waals surface area contributed by atoms with Crippen LogP contribution in [0.2, 0.25) is 0 Å². The number of esters is 3. The van der Waals surface area contributed by atoms with E-state index in [4.69, 9.17) is 14.2 Å². The molecule has 6 heteroatoms. The molecule has 0 saturated carbocycles. The van der Waals surface area contributed by atoms with Crippen LogP contribution in [0.5, 0.6) is 0 Å². The Hall–Kier alpha value is -3.15. The van der Waals surface area contributed by atoms with Crippen molar-refractivity contribution < 1.29 is 28.6 Å². The molecular formula is C27H34O6. The molecule has 33 heavy (non-hydrogen) atoms. The highest BCUT2D eigenvalue weighted by Gasteiger charge is 2.37. The summed E-state index contributed by atoms with van der Waals surface area (Å²) in [4.78, 5) is 37.8. The van der Waals surface area contributed by atoms with Crippen molar-refractivity contribution in [3.05, 3.63) is 71.3 Å². The lowest BCUT2D eigenvalue weighted by Gasteiger charge is -2.36. The Kier molecular flexibility index (Phi) is 9.21. The van der Waals surface area contributed by atoms with Gasteiger partial charge in [0.2, 0.25) is 0 Å². The second kappa shape index (κ2) is 11.6. The lowest BCUT2D eigenvalue weighted by atomic mass is 9.81. The normalized spacial score (nSPS) is 12.4. The van der Waals surface area contributed by atoms with Crippen LogP contribution in [0.4, 0.5) is 0 Å². The number of rotatable bonds is 10. The van der Waals surface area contributed by atoms with E-state index >= 15 is 0 Å². The van der Waals surface area contributed by atoms with Crippen molar-refractivity contribution in [3.63, 3.8) is 0 Å². The zero-order chi connectivity index (χ0) is 24.6. The van der Waals surface area contributed by atoms with Gasteiger partial charge in [-0.05, 0) is 23.6 Å². The van der Waals surface area contributed by atoms with Crippen LogP contribution < -0.4 is 0 Å². The van der Waals surface area contributed by atoms with Gasteiger partial charge in [0, 0.05) is 5.41 Å². The second-order valence-corrected chi connectivity index (χ2v) is 9.43. The van der Waals surface area contributed by atoms with Gasteiger partial charge in [-0.1, -0.05) is 84.0 Å². The van der Waals surface area contributed by atoms with E-state index in [2.05, 4.69) is 0 Å². The zero-order valence-electron chi connectivity index (χ0n) is 20.3. The van der Waals surface area contributed by atoms with Crippen molar-refractivity contribution in [3.8, 4) is 0 Å². The number of ether oxygens (including phenoxy) is 3. The van der Waals surface area contributed by atoms with Crippen LogP contribution in [0.25, 0.3) is 0 Å². The lowest BCUT2D eigenvalue weighted by molar-refractivity contribution is -0.153. The van der Waals surface area contributed by atoms with Crippen LogP contribution in [-0.4, -0.2) is 30.6 Å². The molecule has 0 aromatic heterocycles. The molecular weight excluding hydrogens is 420 g/mol. The van der Waals surface area contributed by atoms with E-state index in [1.54, 1.807) is 38.1 Å². The van der Waals surface area contributed by atoms with Crippen LogP contribution in [0, 0.1) is 17.3 Å². The summed E-state index contributed by atoms with van der Waals surface area (Å²) in [7, 11) is 0. The fourth-order valence-corrected chi connectivity index (χ4v) is 3.52. The first kappa shape index (κ1) is 26.1. The molecule has 0 N–H and O–H groups in total. The van der Waals surface area contributed by atoms with Gasteiger partial charge >= 0.3 is 17.9 Å². The molecule has 6 nitrogen and oxygen atoms in total. The molecule has 0 saturated heterocycles. The summed E-state index contributed by atoms with van der Waals surface area (Å²) in [5.41, 5.74) is 0.501. The standard InChI is InChI=1S/C27H34O6/c1-18(2)23(27(5,6)17-32-24(28)19(3)4)33-26(30)22-15-11-10-14-21(22)25(29)31-16-20-12-8-7-9-13-20/h7-15,18-19,23H,16-17H2,1-6H3/t23-/m1/s1. The van der Waals surface area contributed by atoms with Gasteiger partial charge in [0.25, 0.3) is 0 Å². The van der Waals surface area contributed by atoms with E-state index < -0.39 is 23.5 Å². The van der Waals surface area contributed by atoms with Crippen LogP contribution >= 0.6 is 0 Å². The van der Waals surface area contributed by atoms with Crippen LogP contribution in [-0.2, 0) is 25.6 Å². The summed E-state index contributed by atoms with van der Waals surface area (Å²) in [5, 5.41) is 0. The average molecular weight is 455 g/mol. The molecule has 0 radical (unpaired) electrons. The van der Waals surface area contributed by atoms with Crippen molar-refractivity contribution in [2.45, 2.75) is 54.3 Å². The highest BCUT2D eigenvalue weighted by Crippen LogP contribution is 2.31. The van der Waals surface area contributed by atoms with E-state index in [1.807, 2.05) is 58.0 Å². The third-order valence-electron chi connectivity index (χ3n) is 5.25. The number of benzene rings is 2. The maximum Gasteiger partial charge on any atom is 0.339 e. The predicted molar refractivity (Wildman–Crippen MR) is 126 cm³/mol. The first-order valence-electron chi connectivity index (χ1n) is 11.2. The van der Waals surface area contributed by atoms with Gasteiger partial charge in [0.05, 0.1) is 23.7 Å². The van der Waals surface area contributed by atoms with Gasteiger partial charge in [0.15, 0.2) is 0 Å². The maximum absolute atomic E-state index is 13.1. The van der Waals surface area contributed by atoms with E-state index in [1.165, 1.54) is 0 Å². The zero-order valence-corrected chi connectivity index (χ0v) is 20.3. The summed E-state index contributed by atoms with van der Waals surface area (Å²) in [6, 6.07) is 15.8. The predicted octanol–water partition coefficient (Wildman–Crippen LogP) is 5.45. The first-order valence-corrected chi connectivity index (χ1v) is 11.2. The van der Waals surface area contributed by atoms with Gasteiger partial charge in [0.1, 0.15) is 12.7 Å². The van der Waals surface area contributed by atoms with Crippen LogP contribution in [0.3, 0.4) is 0 Å². The average Bonchev–Trinajstić information content (AvgIpc) is 2.79. The molecule has 0 heterocycles. The van der Waals surface area contributed by atoms with E-state index in [0.29, 0.717) is 0 Å². The summed E-state index contributed by atoms with van der Waals surface area (Å²) >= 11 is 0. The molecule has 0 aliphatic carbocycles. The van der Waals surface area contributed by atoms with Gasteiger partial charge in [-0.2, -0.15) is 0 Å². The fraction of sp³-hybridized carbons (Fsp3) is 0.444. The van der Waals surface area contributed by atoms with Crippen molar-refractivity contribution in [1.82, 2.24) is 0 Å². The molecule has 2 aromatic carbocycles. The third kappa shape index (κ3) is 7.45. The van der Waals surface area contributed by atoms with Gasteiger partial charge in [-0.3, -0.25) is 4.79 Å². The smallest absolute Gasteiger partial charge is 0.339 e. The van der Waals surface area contributed by atoms with Gasteiger partial charge in [-0.15, -0.1) is 0 Å². The number of carbonyl (C=O) groups excluding carboxylic acids is 3. The minimum absolute atomic E-state index is 0.0427. The minimum Gasteiger partial charge on any atom is -0.465 e. The number of hydrogen-bond donors (Lipinski definition) is 0. The minimum atomic E-state index is -0.628. The van der Waals surface area contributed by atoms with E-state index in [-0.39, 0.29) is 42.1 Å². The quantitative estimate of drug-likeness (QED) is 0.351. The molecule has 178 valence electrons. The Morgan fingerprint density at radius 2 is 1.33 bits per heavy atom. The Balaban J connectivity index is 2.15. The summed E-state index contributed by atoms with van der Waals surface area (Å²) in [6.45, 7) is 11.4. The molecule has 0 spiro atoms. The van der Waals surface area contributed by atoms with Gasteiger partial charge < -0.3 is 14.2 Å². The van der Waals surface area contributed by atoms with Crippen molar-refractivity contribution in [2.24, 2.45) is 17.3 Å². The first-order chi connectivity index (χ1) is 15.5. The molecule has 0 fully saturated rings. The summed E-state index contributed by atoms with van der Waals surface area (Å²) in [5.74, 6) is -1.81. The van der Waals surface area contributed by atoms with Crippen molar-refractivity contribution in [1.29, 1.82) is 0 Å². The van der Waals surface area contributed by atoms with Crippen molar-refractivity contribution in [2.75, 3.05) is 6.61 Å². The Bertz CT molecular complexity index is 946. The van der Waals surface area contributed by atoms with E-state index in [9.17, 15) is 14.4 Å². The lowest BCUT2D eigenvalue weighted by Crippen LogP contribution is -2.42. The molecule has 0 bridgehead atoms.